The molecule has 0 fully saturated rings. The zero-order valence-electron chi connectivity index (χ0n) is 7.14. The molecule has 0 saturated carbocycles. The molecule has 10 heavy (non-hydrogen) atoms. The first-order valence-electron chi connectivity index (χ1n) is 3.80. The fraction of sp³-hybridized carbons (Fsp3) is 0.556. The Hall–Kier alpha value is -0.560. The van der Waals surface area contributed by atoms with Crippen molar-refractivity contribution in [2.45, 2.75) is 19.8 Å². The SMILES string of the molecule is C=C[N+](C)(C=C)CCCC. The van der Waals surface area contributed by atoms with E-state index in [1.807, 2.05) is 12.4 Å². The molecule has 0 bridgehead atoms. The first-order valence-corrected chi connectivity index (χ1v) is 3.80. The molecule has 0 amide bonds. The van der Waals surface area contributed by atoms with Crippen LogP contribution >= 0.6 is 0 Å². The molecule has 0 N–H and O–H groups in total. The zero-order valence-corrected chi connectivity index (χ0v) is 7.14. The second-order valence-corrected chi connectivity index (χ2v) is 2.79. The van der Waals surface area contributed by atoms with Gasteiger partial charge in [-0.15, -0.1) is 0 Å². The molecule has 0 aromatic heterocycles. The Morgan fingerprint density at radius 3 is 2.10 bits per heavy atom. The van der Waals surface area contributed by atoms with Crippen molar-refractivity contribution >= 4 is 0 Å². The van der Waals surface area contributed by atoms with Gasteiger partial charge in [-0.05, 0) is 19.6 Å². The lowest BCUT2D eigenvalue weighted by Gasteiger charge is -2.24. The minimum atomic E-state index is 0.772. The van der Waals surface area contributed by atoms with Crippen molar-refractivity contribution in [2.75, 3.05) is 13.6 Å². The van der Waals surface area contributed by atoms with Crippen LogP contribution in [0.2, 0.25) is 0 Å². The summed E-state index contributed by atoms with van der Waals surface area (Å²) in [5.74, 6) is 0. The first-order chi connectivity index (χ1) is 4.68. The standard InChI is InChI=1S/C9H18N/c1-5-8-9-10(4,6-2)7-3/h6-7H,2-3,5,8-9H2,1,4H3/q+1. The summed E-state index contributed by atoms with van der Waals surface area (Å²) in [5, 5.41) is 0. The molecule has 0 aliphatic heterocycles. The second-order valence-electron chi connectivity index (χ2n) is 2.79. The highest BCUT2D eigenvalue weighted by Gasteiger charge is 2.10. The van der Waals surface area contributed by atoms with E-state index in [4.69, 9.17) is 0 Å². The number of rotatable bonds is 5. The van der Waals surface area contributed by atoms with Gasteiger partial charge in [-0.1, -0.05) is 13.3 Å². The third kappa shape index (κ3) is 2.83. The Morgan fingerprint density at radius 2 is 1.80 bits per heavy atom. The lowest BCUT2D eigenvalue weighted by Crippen LogP contribution is -2.32. The smallest absolute Gasteiger partial charge is 0.0929 e. The van der Waals surface area contributed by atoms with Crippen molar-refractivity contribution in [3.05, 3.63) is 25.6 Å². The summed E-state index contributed by atoms with van der Waals surface area (Å²) in [5.41, 5.74) is 0. The van der Waals surface area contributed by atoms with Crippen LogP contribution in [-0.2, 0) is 0 Å². The Labute approximate surface area is 64.2 Å². The lowest BCUT2D eigenvalue weighted by molar-refractivity contribution is -0.806. The van der Waals surface area contributed by atoms with Gasteiger partial charge in [-0.25, -0.2) is 0 Å². The van der Waals surface area contributed by atoms with E-state index in [2.05, 4.69) is 27.1 Å². The highest BCUT2D eigenvalue weighted by Crippen LogP contribution is 2.05. The van der Waals surface area contributed by atoms with Crippen LogP contribution in [0.15, 0.2) is 25.6 Å². The normalized spacial score (nSPS) is 11.0. The summed E-state index contributed by atoms with van der Waals surface area (Å²) in [4.78, 5) is 0. The van der Waals surface area contributed by atoms with Crippen molar-refractivity contribution in [3.63, 3.8) is 0 Å². The molecule has 0 aromatic carbocycles. The minimum Gasteiger partial charge on any atom is -0.274 e. The molecule has 0 aromatic rings. The molecule has 0 spiro atoms. The van der Waals surface area contributed by atoms with Crippen molar-refractivity contribution in [1.29, 1.82) is 0 Å². The van der Waals surface area contributed by atoms with E-state index in [1.54, 1.807) is 0 Å². The van der Waals surface area contributed by atoms with Crippen molar-refractivity contribution in [3.8, 4) is 0 Å². The summed E-state index contributed by atoms with van der Waals surface area (Å²) >= 11 is 0. The number of quaternary nitrogens is 1. The van der Waals surface area contributed by atoms with E-state index < -0.39 is 0 Å². The molecule has 0 radical (unpaired) electrons. The summed E-state index contributed by atoms with van der Waals surface area (Å²) in [6.07, 6.45) is 6.30. The van der Waals surface area contributed by atoms with Crippen LogP contribution < -0.4 is 0 Å². The summed E-state index contributed by atoms with van der Waals surface area (Å²) in [6, 6.07) is 0. The van der Waals surface area contributed by atoms with Crippen LogP contribution in [0, 0.1) is 0 Å². The van der Waals surface area contributed by atoms with Gasteiger partial charge in [0.25, 0.3) is 0 Å². The van der Waals surface area contributed by atoms with Gasteiger partial charge in [-0.2, -0.15) is 0 Å². The minimum absolute atomic E-state index is 0.772. The third-order valence-corrected chi connectivity index (χ3v) is 1.83. The Balaban J connectivity index is 3.80. The molecule has 0 heterocycles. The van der Waals surface area contributed by atoms with Gasteiger partial charge in [-0.3, -0.25) is 4.48 Å². The lowest BCUT2D eigenvalue weighted by atomic mass is 10.3. The van der Waals surface area contributed by atoms with Crippen molar-refractivity contribution in [1.82, 2.24) is 0 Å². The third-order valence-electron chi connectivity index (χ3n) is 1.83. The van der Waals surface area contributed by atoms with E-state index in [-0.39, 0.29) is 0 Å². The molecule has 0 aliphatic carbocycles. The highest BCUT2D eigenvalue weighted by atomic mass is 15.3. The summed E-state index contributed by atoms with van der Waals surface area (Å²) < 4.78 is 0.772. The van der Waals surface area contributed by atoms with E-state index >= 15 is 0 Å². The summed E-state index contributed by atoms with van der Waals surface area (Å²) in [6.45, 7) is 10.8. The maximum atomic E-state index is 3.76. The number of hydrogen-bond acceptors (Lipinski definition) is 0. The van der Waals surface area contributed by atoms with Gasteiger partial charge in [0.2, 0.25) is 0 Å². The molecule has 1 nitrogen and oxygen atoms in total. The molecule has 0 atom stereocenters. The van der Waals surface area contributed by atoms with Gasteiger partial charge < -0.3 is 0 Å². The molecule has 58 valence electrons. The Kier molecular flexibility index (Phi) is 4.05. The van der Waals surface area contributed by atoms with Gasteiger partial charge in [0.1, 0.15) is 0 Å². The monoisotopic (exact) mass is 140 g/mol. The molecule has 0 unspecified atom stereocenters. The van der Waals surface area contributed by atoms with E-state index in [0.717, 1.165) is 11.0 Å². The van der Waals surface area contributed by atoms with Crippen LogP contribution in [0.1, 0.15) is 19.8 Å². The predicted octanol–water partition coefficient (Wildman–Crippen LogP) is 2.52. The number of nitrogens with zero attached hydrogens (tertiary/aromatic N) is 1. The topological polar surface area (TPSA) is 0 Å². The van der Waals surface area contributed by atoms with E-state index in [9.17, 15) is 0 Å². The zero-order chi connectivity index (χ0) is 8.04. The van der Waals surface area contributed by atoms with Crippen molar-refractivity contribution in [2.24, 2.45) is 0 Å². The predicted molar refractivity (Wildman–Crippen MR) is 46.4 cm³/mol. The average molecular weight is 140 g/mol. The number of hydrogen-bond donors (Lipinski definition) is 0. The quantitative estimate of drug-likeness (QED) is 0.515. The molecule has 0 rings (SSSR count). The average Bonchev–Trinajstić information content (AvgIpc) is 2.00. The summed E-state index contributed by atoms with van der Waals surface area (Å²) in [7, 11) is 2.11. The Morgan fingerprint density at radius 1 is 1.30 bits per heavy atom. The van der Waals surface area contributed by atoms with E-state index in [1.165, 1.54) is 12.8 Å². The Bertz CT molecular complexity index is 108. The van der Waals surface area contributed by atoms with Crippen LogP contribution in [0.4, 0.5) is 0 Å². The second kappa shape index (κ2) is 4.29. The molecular formula is C9H18N+. The molecular weight excluding hydrogens is 122 g/mol. The van der Waals surface area contributed by atoms with Crippen LogP contribution in [-0.4, -0.2) is 18.1 Å². The maximum Gasteiger partial charge on any atom is 0.0929 e. The fourth-order valence-corrected chi connectivity index (χ4v) is 0.756. The molecule has 1 heteroatoms. The van der Waals surface area contributed by atoms with Gasteiger partial charge in [0, 0.05) is 0 Å². The first kappa shape index (κ1) is 9.44. The van der Waals surface area contributed by atoms with E-state index in [0.29, 0.717) is 0 Å². The van der Waals surface area contributed by atoms with Gasteiger partial charge in [0.05, 0.1) is 26.0 Å². The number of unbranched alkanes of at least 4 members (excludes halogenated alkanes) is 1. The molecule has 0 aliphatic rings. The largest absolute Gasteiger partial charge is 0.274 e. The van der Waals surface area contributed by atoms with Gasteiger partial charge >= 0.3 is 0 Å². The highest BCUT2D eigenvalue weighted by molar-refractivity contribution is 4.63. The van der Waals surface area contributed by atoms with Crippen LogP contribution in [0.3, 0.4) is 0 Å². The molecule has 0 saturated heterocycles. The van der Waals surface area contributed by atoms with Gasteiger partial charge in [0.15, 0.2) is 0 Å². The van der Waals surface area contributed by atoms with Crippen LogP contribution in [0.25, 0.3) is 0 Å². The van der Waals surface area contributed by atoms with Crippen LogP contribution in [0.5, 0.6) is 0 Å². The maximum absolute atomic E-state index is 3.76. The fourth-order valence-electron chi connectivity index (χ4n) is 0.756. The van der Waals surface area contributed by atoms with Crippen molar-refractivity contribution < 1.29 is 4.48 Å².